The molecule has 10 nitrogen and oxygen atoms in total. The summed E-state index contributed by atoms with van der Waals surface area (Å²) in [5.74, 6) is 2.19. The van der Waals surface area contributed by atoms with E-state index < -0.39 is 0 Å². The number of carbonyl (C=O) groups is 1. The van der Waals surface area contributed by atoms with Gasteiger partial charge >= 0.3 is 12.2 Å². The molecule has 1 saturated heterocycles. The lowest BCUT2D eigenvalue weighted by atomic mass is 10.0. The van der Waals surface area contributed by atoms with E-state index in [-0.39, 0.29) is 18.3 Å². The van der Waals surface area contributed by atoms with Crippen LogP contribution in [0.2, 0.25) is 0 Å². The summed E-state index contributed by atoms with van der Waals surface area (Å²) in [6.07, 6.45) is 3.25. The minimum Gasteiger partial charge on any atom is -0.485 e. The summed E-state index contributed by atoms with van der Waals surface area (Å²) in [7, 11) is 0. The van der Waals surface area contributed by atoms with Gasteiger partial charge in [0, 0.05) is 24.8 Å². The van der Waals surface area contributed by atoms with Gasteiger partial charge in [-0.3, -0.25) is 0 Å². The lowest BCUT2D eigenvalue weighted by Crippen LogP contribution is -2.49. The van der Waals surface area contributed by atoms with Gasteiger partial charge in [-0.2, -0.15) is 9.59 Å². The number of hydrogen-bond acceptors (Lipinski definition) is 9. The number of nitrogens with one attached hydrogen (secondary N) is 1. The van der Waals surface area contributed by atoms with Gasteiger partial charge < -0.3 is 24.6 Å². The highest BCUT2D eigenvalue weighted by Gasteiger charge is 2.33. The largest absolute Gasteiger partial charge is 0.485 e. The molecule has 0 radical (unpaired) electrons. The van der Waals surface area contributed by atoms with Crippen molar-refractivity contribution in [1.82, 2.24) is 14.9 Å². The summed E-state index contributed by atoms with van der Waals surface area (Å²) >= 11 is 0. The molecule has 2 aliphatic rings. The Balaban J connectivity index is 0.00000103. The number of anilines is 3. The van der Waals surface area contributed by atoms with E-state index in [9.17, 15) is 4.79 Å². The maximum atomic E-state index is 12.2. The highest BCUT2D eigenvalue weighted by molar-refractivity contribution is 5.73. The van der Waals surface area contributed by atoms with E-state index in [0.29, 0.717) is 37.3 Å². The van der Waals surface area contributed by atoms with Gasteiger partial charge in [0.25, 0.3) is 0 Å². The van der Waals surface area contributed by atoms with Crippen LogP contribution in [0.1, 0.15) is 37.8 Å². The molecular weight excluding hydrogens is 438 g/mol. The first-order valence-electron chi connectivity index (χ1n) is 11.4. The Morgan fingerprint density at radius 1 is 1.18 bits per heavy atom. The number of fused-ring (bicyclic) bond motifs is 1. The van der Waals surface area contributed by atoms with Gasteiger partial charge in [-0.15, -0.1) is 0 Å². The number of hydrogen-bond donors (Lipinski definition) is 1. The maximum absolute atomic E-state index is 12.2. The number of carbonyl (C=O) groups excluding carboxylic acids is 3. The zero-order valence-electron chi connectivity index (χ0n) is 20.0. The van der Waals surface area contributed by atoms with Gasteiger partial charge in [0.15, 0.2) is 11.6 Å². The van der Waals surface area contributed by atoms with Gasteiger partial charge in [0.05, 0.1) is 12.6 Å². The van der Waals surface area contributed by atoms with Crippen LogP contribution in [0.5, 0.6) is 5.75 Å². The molecule has 1 aromatic carbocycles. The Bertz CT molecular complexity index is 1030. The van der Waals surface area contributed by atoms with Crippen LogP contribution in [0.15, 0.2) is 24.5 Å². The SMILES string of the molecule is Cc1cccc(Nc2ncnc3c2OCCN3C2CCN(C(=O)OC(C)C)CC2)c1C.O=C=O. The van der Waals surface area contributed by atoms with Crippen LogP contribution in [0.25, 0.3) is 0 Å². The zero-order chi connectivity index (χ0) is 24.7. The molecule has 0 spiro atoms. The molecule has 10 heteroatoms. The number of aromatic nitrogens is 2. The van der Waals surface area contributed by atoms with E-state index in [1.54, 1.807) is 11.2 Å². The standard InChI is InChI=1S/C23H31N5O3.CO2/c1-15(2)31-23(29)27-10-8-18(9-11-27)28-12-13-30-20-21(24-14-25-22(20)28)26-19-7-5-6-16(3)17(19)4;2-1-3/h5-7,14-15,18H,8-13H2,1-4H3,(H,24,25,26);. The fourth-order valence-electron chi connectivity index (χ4n) is 4.15. The third kappa shape index (κ3) is 5.82. The molecule has 0 atom stereocenters. The van der Waals surface area contributed by atoms with Crippen molar-refractivity contribution in [2.24, 2.45) is 0 Å². The second-order valence-electron chi connectivity index (χ2n) is 8.52. The van der Waals surface area contributed by atoms with E-state index in [4.69, 9.17) is 19.1 Å². The van der Waals surface area contributed by atoms with Crippen molar-refractivity contribution in [3.8, 4) is 5.75 Å². The minimum atomic E-state index is -0.224. The van der Waals surface area contributed by atoms with Crippen molar-refractivity contribution in [3.63, 3.8) is 0 Å². The van der Waals surface area contributed by atoms with Crippen molar-refractivity contribution >= 4 is 29.6 Å². The summed E-state index contributed by atoms with van der Waals surface area (Å²) in [4.78, 5) is 41.6. The minimum absolute atomic E-state index is 0.101. The van der Waals surface area contributed by atoms with E-state index in [2.05, 4.69) is 40.1 Å². The molecular formula is C24H31N5O5. The van der Waals surface area contributed by atoms with Gasteiger partial charge in [0.1, 0.15) is 12.9 Å². The molecule has 0 aliphatic carbocycles. The van der Waals surface area contributed by atoms with Gasteiger partial charge in [-0.05, 0) is 57.7 Å². The Morgan fingerprint density at radius 2 is 1.88 bits per heavy atom. The smallest absolute Gasteiger partial charge is 0.410 e. The number of aryl methyl sites for hydroxylation is 1. The molecule has 2 aliphatic heterocycles. The number of ether oxygens (including phenoxy) is 2. The summed E-state index contributed by atoms with van der Waals surface area (Å²) in [5, 5.41) is 3.43. The first-order chi connectivity index (χ1) is 16.3. The molecule has 1 N–H and O–H groups in total. The molecule has 182 valence electrons. The van der Waals surface area contributed by atoms with Crippen molar-refractivity contribution < 1.29 is 23.9 Å². The van der Waals surface area contributed by atoms with Crippen LogP contribution in [0.3, 0.4) is 0 Å². The van der Waals surface area contributed by atoms with Crippen molar-refractivity contribution in [2.45, 2.75) is 52.7 Å². The van der Waals surface area contributed by atoms with Crippen LogP contribution in [-0.2, 0) is 14.3 Å². The van der Waals surface area contributed by atoms with Crippen LogP contribution >= 0.6 is 0 Å². The number of piperidine rings is 1. The molecule has 0 saturated carbocycles. The van der Waals surface area contributed by atoms with E-state index in [1.165, 1.54) is 11.1 Å². The van der Waals surface area contributed by atoms with Crippen LogP contribution in [0, 0.1) is 13.8 Å². The molecule has 1 aromatic heterocycles. The van der Waals surface area contributed by atoms with Crippen molar-refractivity contribution in [3.05, 3.63) is 35.7 Å². The van der Waals surface area contributed by atoms with E-state index >= 15 is 0 Å². The average Bonchev–Trinajstić information content (AvgIpc) is 2.82. The normalized spacial score (nSPS) is 15.4. The second kappa shape index (κ2) is 11.5. The first kappa shape index (κ1) is 25.0. The first-order valence-corrected chi connectivity index (χ1v) is 11.4. The second-order valence-corrected chi connectivity index (χ2v) is 8.52. The Labute approximate surface area is 199 Å². The number of nitrogens with zero attached hydrogens (tertiary/aromatic N) is 4. The summed E-state index contributed by atoms with van der Waals surface area (Å²) in [5.41, 5.74) is 3.42. The molecule has 3 heterocycles. The molecule has 0 bridgehead atoms. The summed E-state index contributed by atoms with van der Waals surface area (Å²) in [6.45, 7) is 10.7. The fourth-order valence-corrected chi connectivity index (χ4v) is 4.15. The fraction of sp³-hybridized carbons (Fsp3) is 0.500. The van der Waals surface area contributed by atoms with E-state index in [0.717, 1.165) is 30.9 Å². The maximum Gasteiger partial charge on any atom is 0.410 e. The zero-order valence-corrected chi connectivity index (χ0v) is 20.0. The highest BCUT2D eigenvalue weighted by Crippen LogP contribution is 2.39. The number of benzene rings is 1. The van der Waals surface area contributed by atoms with E-state index in [1.807, 2.05) is 26.0 Å². The summed E-state index contributed by atoms with van der Waals surface area (Å²) in [6, 6.07) is 6.47. The average molecular weight is 470 g/mol. The van der Waals surface area contributed by atoms with Crippen molar-refractivity contribution in [2.75, 3.05) is 36.5 Å². The Kier molecular flexibility index (Phi) is 8.43. The summed E-state index contributed by atoms with van der Waals surface area (Å²) < 4.78 is 11.3. The van der Waals surface area contributed by atoms with Gasteiger partial charge in [-0.25, -0.2) is 14.8 Å². The predicted octanol–water partition coefficient (Wildman–Crippen LogP) is 3.46. The van der Waals surface area contributed by atoms with Crippen LogP contribution in [-0.4, -0.2) is 65.5 Å². The molecule has 1 amide bonds. The molecule has 0 unspecified atom stereocenters. The number of rotatable bonds is 4. The Morgan fingerprint density at radius 3 is 2.56 bits per heavy atom. The number of amides is 1. The van der Waals surface area contributed by atoms with Crippen LogP contribution < -0.4 is 15.0 Å². The molecule has 1 fully saturated rings. The predicted molar refractivity (Wildman–Crippen MR) is 125 cm³/mol. The highest BCUT2D eigenvalue weighted by atomic mass is 16.6. The topological polar surface area (TPSA) is 114 Å². The molecule has 4 rings (SSSR count). The van der Waals surface area contributed by atoms with Gasteiger partial charge in [0.2, 0.25) is 5.75 Å². The van der Waals surface area contributed by atoms with Crippen molar-refractivity contribution in [1.29, 1.82) is 0 Å². The monoisotopic (exact) mass is 469 g/mol. The quantitative estimate of drug-likeness (QED) is 0.719. The lowest BCUT2D eigenvalue weighted by Gasteiger charge is -2.41. The lowest BCUT2D eigenvalue weighted by molar-refractivity contribution is -0.191. The van der Waals surface area contributed by atoms with Crippen LogP contribution in [0.4, 0.5) is 22.1 Å². The Hall–Kier alpha value is -3.65. The number of likely N-dealkylation sites (tertiary alicyclic amines) is 1. The third-order valence-electron chi connectivity index (χ3n) is 5.99. The molecule has 2 aromatic rings. The van der Waals surface area contributed by atoms with Gasteiger partial charge in [-0.1, -0.05) is 12.1 Å². The molecule has 34 heavy (non-hydrogen) atoms. The third-order valence-corrected chi connectivity index (χ3v) is 5.99.